The molecule has 0 saturated heterocycles. The zero-order valence-corrected chi connectivity index (χ0v) is 7.91. The molecule has 0 spiro atoms. The van der Waals surface area contributed by atoms with E-state index in [0.29, 0.717) is 6.61 Å². The smallest absolute Gasteiger partial charge is 0.221 e. The van der Waals surface area contributed by atoms with Crippen LogP contribution in [0.15, 0.2) is 30.3 Å². The average Bonchev–Trinajstić information content (AvgIpc) is 2.18. The molecule has 0 aromatic heterocycles. The Morgan fingerprint density at radius 1 is 1.43 bits per heavy atom. The van der Waals surface area contributed by atoms with Crippen LogP contribution in [-0.4, -0.2) is 12.5 Å². The van der Waals surface area contributed by atoms with E-state index in [0.717, 1.165) is 17.0 Å². The van der Waals surface area contributed by atoms with Crippen molar-refractivity contribution in [2.45, 2.75) is 6.92 Å². The number of ether oxygens (including phenoxy) is 1. The first-order valence-corrected chi connectivity index (χ1v) is 4.47. The van der Waals surface area contributed by atoms with Crippen LogP contribution in [0.5, 0.6) is 5.75 Å². The quantitative estimate of drug-likeness (QED) is 0.728. The minimum absolute atomic E-state index is 0.0621. The van der Waals surface area contributed by atoms with Crippen molar-refractivity contribution in [3.63, 3.8) is 0 Å². The van der Waals surface area contributed by atoms with Crippen LogP contribution in [-0.2, 0) is 4.79 Å². The van der Waals surface area contributed by atoms with E-state index in [2.05, 4.69) is 5.32 Å². The van der Waals surface area contributed by atoms with E-state index in [1.54, 1.807) is 0 Å². The van der Waals surface area contributed by atoms with Gasteiger partial charge in [-0.25, -0.2) is 0 Å². The molecule has 0 unspecified atom stereocenters. The third-order valence-electron chi connectivity index (χ3n) is 2.01. The number of hydrogen-bond donors (Lipinski definition) is 1. The molecule has 3 heteroatoms. The Hall–Kier alpha value is -1.77. The van der Waals surface area contributed by atoms with Crippen LogP contribution in [0.3, 0.4) is 0 Å². The second-order valence-electron chi connectivity index (χ2n) is 3.11. The maximum atomic E-state index is 10.9. The number of para-hydroxylation sites is 1. The predicted molar refractivity (Wildman–Crippen MR) is 53.7 cm³/mol. The fourth-order valence-corrected chi connectivity index (χ4v) is 1.45. The van der Waals surface area contributed by atoms with Crippen molar-refractivity contribution in [2.75, 3.05) is 6.61 Å². The lowest BCUT2D eigenvalue weighted by atomic mass is 10.1. The van der Waals surface area contributed by atoms with Crippen LogP contribution in [0.4, 0.5) is 0 Å². The number of carbonyl (C=O) groups is 1. The van der Waals surface area contributed by atoms with Crippen molar-refractivity contribution in [1.82, 2.24) is 5.32 Å². The summed E-state index contributed by atoms with van der Waals surface area (Å²) in [7, 11) is 0. The van der Waals surface area contributed by atoms with E-state index in [-0.39, 0.29) is 5.91 Å². The summed E-state index contributed by atoms with van der Waals surface area (Å²) in [5, 5.41) is 2.78. The van der Waals surface area contributed by atoms with E-state index in [1.165, 1.54) is 6.92 Å². The zero-order valence-electron chi connectivity index (χ0n) is 7.91. The van der Waals surface area contributed by atoms with Crippen LogP contribution in [0.2, 0.25) is 0 Å². The van der Waals surface area contributed by atoms with Gasteiger partial charge in [-0.2, -0.15) is 0 Å². The van der Waals surface area contributed by atoms with Gasteiger partial charge in [-0.3, -0.25) is 4.79 Å². The van der Waals surface area contributed by atoms with Gasteiger partial charge in [-0.15, -0.1) is 0 Å². The monoisotopic (exact) mass is 189 g/mol. The van der Waals surface area contributed by atoms with Gasteiger partial charge in [0.25, 0.3) is 0 Å². The normalized spacial score (nSPS) is 13.6. The summed E-state index contributed by atoms with van der Waals surface area (Å²) in [6.45, 7) is 2.01. The molecule has 1 aliphatic heterocycles. The number of hydrogen-bond acceptors (Lipinski definition) is 2. The highest BCUT2D eigenvalue weighted by Crippen LogP contribution is 2.27. The molecule has 1 aromatic carbocycles. The highest BCUT2D eigenvalue weighted by molar-refractivity contribution is 5.86. The van der Waals surface area contributed by atoms with Gasteiger partial charge in [0.15, 0.2) is 0 Å². The van der Waals surface area contributed by atoms with Crippen LogP contribution in [0.1, 0.15) is 12.5 Å². The Labute approximate surface area is 82.4 Å². The van der Waals surface area contributed by atoms with Crippen molar-refractivity contribution in [3.8, 4) is 5.75 Å². The first-order chi connectivity index (χ1) is 6.77. The third-order valence-corrected chi connectivity index (χ3v) is 2.01. The summed E-state index contributed by atoms with van der Waals surface area (Å²) in [4.78, 5) is 10.9. The fourth-order valence-electron chi connectivity index (χ4n) is 1.45. The van der Waals surface area contributed by atoms with E-state index in [4.69, 9.17) is 4.74 Å². The summed E-state index contributed by atoms with van der Waals surface area (Å²) in [5.41, 5.74) is 1.77. The Kier molecular flexibility index (Phi) is 2.23. The Balaban J connectivity index is 2.35. The summed E-state index contributed by atoms with van der Waals surface area (Å²) in [6.07, 6.45) is 1.86. The molecule has 0 saturated carbocycles. The van der Waals surface area contributed by atoms with Crippen LogP contribution in [0, 0.1) is 0 Å². The molecule has 0 bridgehead atoms. The maximum absolute atomic E-state index is 10.9. The maximum Gasteiger partial charge on any atom is 0.221 e. The van der Waals surface area contributed by atoms with E-state index in [1.807, 2.05) is 30.3 Å². The third kappa shape index (κ3) is 1.62. The molecule has 3 nitrogen and oxygen atoms in total. The van der Waals surface area contributed by atoms with E-state index < -0.39 is 0 Å². The number of rotatable bonds is 1. The lowest BCUT2D eigenvalue weighted by molar-refractivity contribution is -0.117. The van der Waals surface area contributed by atoms with Gasteiger partial charge in [0.05, 0.1) is 5.70 Å². The SMILES string of the molecule is CC(=O)NC1=CCOc2ccccc21. The minimum Gasteiger partial charge on any atom is -0.489 e. The van der Waals surface area contributed by atoms with Gasteiger partial charge < -0.3 is 10.1 Å². The first kappa shape index (κ1) is 8.81. The molecule has 2 rings (SSSR count). The number of amides is 1. The van der Waals surface area contributed by atoms with Crippen LogP contribution in [0.25, 0.3) is 5.70 Å². The molecule has 0 radical (unpaired) electrons. The topological polar surface area (TPSA) is 38.3 Å². The molecule has 72 valence electrons. The Morgan fingerprint density at radius 3 is 3.00 bits per heavy atom. The molecule has 1 amide bonds. The molecule has 1 aliphatic rings. The Bertz CT molecular complexity index is 396. The summed E-state index contributed by atoms with van der Waals surface area (Å²) >= 11 is 0. The van der Waals surface area contributed by atoms with Crippen molar-refractivity contribution in [3.05, 3.63) is 35.9 Å². The number of nitrogens with one attached hydrogen (secondary N) is 1. The van der Waals surface area contributed by atoms with Crippen molar-refractivity contribution in [1.29, 1.82) is 0 Å². The van der Waals surface area contributed by atoms with Crippen LogP contribution >= 0.6 is 0 Å². The van der Waals surface area contributed by atoms with Gasteiger partial charge in [0, 0.05) is 12.5 Å². The molecule has 1 N–H and O–H groups in total. The van der Waals surface area contributed by atoms with E-state index in [9.17, 15) is 4.79 Å². The highest BCUT2D eigenvalue weighted by atomic mass is 16.5. The fraction of sp³-hybridized carbons (Fsp3) is 0.182. The van der Waals surface area contributed by atoms with Crippen molar-refractivity contribution in [2.24, 2.45) is 0 Å². The lowest BCUT2D eigenvalue weighted by Gasteiger charge is -2.18. The largest absolute Gasteiger partial charge is 0.489 e. The molecule has 0 aliphatic carbocycles. The van der Waals surface area contributed by atoms with E-state index >= 15 is 0 Å². The standard InChI is InChI=1S/C11H11NO2/c1-8(13)12-10-6-7-14-11-5-3-2-4-9(10)11/h2-6H,7H2,1H3,(H,12,13). The van der Waals surface area contributed by atoms with Gasteiger partial charge in [-0.1, -0.05) is 12.1 Å². The van der Waals surface area contributed by atoms with Crippen LogP contribution < -0.4 is 10.1 Å². The van der Waals surface area contributed by atoms with Gasteiger partial charge >= 0.3 is 0 Å². The summed E-state index contributed by atoms with van der Waals surface area (Å²) in [6, 6.07) is 7.65. The molecular weight excluding hydrogens is 178 g/mol. The number of fused-ring (bicyclic) bond motifs is 1. The summed E-state index contributed by atoms with van der Waals surface area (Å²) < 4.78 is 5.41. The number of benzene rings is 1. The zero-order chi connectivity index (χ0) is 9.97. The summed E-state index contributed by atoms with van der Waals surface area (Å²) in [5.74, 6) is 0.756. The van der Waals surface area contributed by atoms with Gasteiger partial charge in [-0.05, 0) is 18.2 Å². The number of carbonyl (C=O) groups excluding carboxylic acids is 1. The molecule has 0 atom stereocenters. The molecule has 1 heterocycles. The molecular formula is C11H11NO2. The second kappa shape index (κ2) is 3.54. The second-order valence-corrected chi connectivity index (χ2v) is 3.11. The predicted octanol–water partition coefficient (Wildman–Crippen LogP) is 1.56. The highest BCUT2D eigenvalue weighted by Gasteiger charge is 2.13. The van der Waals surface area contributed by atoms with Gasteiger partial charge in [0.2, 0.25) is 5.91 Å². The lowest BCUT2D eigenvalue weighted by Crippen LogP contribution is -2.21. The molecule has 14 heavy (non-hydrogen) atoms. The van der Waals surface area contributed by atoms with Crippen molar-refractivity contribution < 1.29 is 9.53 Å². The molecule has 0 fully saturated rings. The average molecular weight is 189 g/mol. The van der Waals surface area contributed by atoms with Crippen molar-refractivity contribution >= 4 is 11.6 Å². The Morgan fingerprint density at radius 2 is 2.21 bits per heavy atom. The first-order valence-electron chi connectivity index (χ1n) is 4.47. The minimum atomic E-state index is -0.0621. The van der Waals surface area contributed by atoms with Gasteiger partial charge in [0.1, 0.15) is 12.4 Å². The molecule has 1 aromatic rings.